The van der Waals surface area contributed by atoms with Crippen LogP contribution in [0.2, 0.25) is 0 Å². The Morgan fingerprint density at radius 2 is 1.92 bits per heavy atom. The van der Waals surface area contributed by atoms with Crippen molar-refractivity contribution >= 4 is 11.4 Å². The molecule has 1 saturated carbocycles. The van der Waals surface area contributed by atoms with E-state index in [0.29, 0.717) is 0 Å². The van der Waals surface area contributed by atoms with Crippen LogP contribution in [0.25, 0.3) is 0 Å². The van der Waals surface area contributed by atoms with Crippen molar-refractivity contribution in [2.24, 2.45) is 5.92 Å². The van der Waals surface area contributed by atoms with Gasteiger partial charge in [0.2, 0.25) is 0 Å². The van der Waals surface area contributed by atoms with Crippen LogP contribution in [0.5, 0.6) is 0 Å². The van der Waals surface area contributed by atoms with E-state index in [9.17, 15) is 0 Å². The topological polar surface area (TPSA) is 38.0 Å². The van der Waals surface area contributed by atoms with E-state index >= 15 is 0 Å². The number of benzene rings is 1. The first-order valence-corrected chi connectivity index (χ1v) is 4.94. The Labute approximate surface area is 79.1 Å². The lowest BCUT2D eigenvalue weighted by atomic mass is 10.2. The Balaban J connectivity index is 1.76. The molecule has 70 valence electrons. The maximum Gasteiger partial charge on any atom is 0.0341 e. The molecule has 13 heavy (non-hydrogen) atoms. The SMILES string of the molecule is Nc1ccc(NCCC2CC2)cc1. The first kappa shape index (κ1) is 8.42. The zero-order valence-corrected chi connectivity index (χ0v) is 7.79. The van der Waals surface area contributed by atoms with Gasteiger partial charge in [0, 0.05) is 17.9 Å². The fourth-order valence-corrected chi connectivity index (χ4v) is 1.43. The summed E-state index contributed by atoms with van der Waals surface area (Å²) in [6.07, 6.45) is 4.18. The molecule has 2 heteroatoms. The zero-order chi connectivity index (χ0) is 9.10. The monoisotopic (exact) mass is 176 g/mol. The Hall–Kier alpha value is -1.18. The van der Waals surface area contributed by atoms with Gasteiger partial charge in [-0.05, 0) is 36.6 Å². The number of anilines is 2. The van der Waals surface area contributed by atoms with Crippen LogP contribution >= 0.6 is 0 Å². The molecule has 1 aromatic rings. The largest absolute Gasteiger partial charge is 0.399 e. The van der Waals surface area contributed by atoms with Crippen molar-refractivity contribution in [3.8, 4) is 0 Å². The summed E-state index contributed by atoms with van der Waals surface area (Å²) in [6.45, 7) is 1.09. The molecular weight excluding hydrogens is 160 g/mol. The number of nitrogens with two attached hydrogens (primary N) is 1. The van der Waals surface area contributed by atoms with Crippen LogP contribution in [0.15, 0.2) is 24.3 Å². The molecule has 0 radical (unpaired) electrons. The fourth-order valence-electron chi connectivity index (χ4n) is 1.43. The maximum atomic E-state index is 5.59. The average Bonchev–Trinajstić information content (AvgIpc) is 2.92. The van der Waals surface area contributed by atoms with Gasteiger partial charge in [-0.25, -0.2) is 0 Å². The summed E-state index contributed by atoms with van der Waals surface area (Å²) in [6, 6.07) is 7.92. The van der Waals surface area contributed by atoms with Gasteiger partial charge in [-0.3, -0.25) is 0 Å². The summed E-state index contributed by atoms with van der Waals surface area (Å²) in [5.74, 6) is 1.00. The van der Waals surface area contributed by atoms with Crippen molar-refractivity contribution in [3.05, 3.63) is 24.3 Å². The van der Waals surface area contributed by atoms with E-state index in [-0.39, 0.29) is 0 Å². The lowest BCUT2D eigenvalue weighted by molar-refractivity contribution is 0.760. The molecule has 0 unspecified atom stereocenters. The minimum atomic E-state index is 0.827. The molecule has 0 saturated heterocycles. The number of nitrogen functional groups attached to an aromatic ring is 1. The van der Waals surface area contributed by atoms with Gasteiger partial charge in [0.15, 0.2) is 0 Å². The molecule has 1 aromatic carbocycles. The first-order valence-electron chi connectivity index (χ1n) is 4.94. The highest BCUT2D eigenvalue weighted by atomic mass is 14.9. The minimum absolute atomic E-state index is 0.827. The van der Waals surface area contributed by atoms with Gasteiger partial charge in [0.05, 0.1) is 0 Å². The molecule has 0 atom stereocenters. The van der Waals surface area contributed by atoms with Gasteiger partial charge in [-0.2, -0.15) is 0 Å². The lowest BCUT2D eigenvalue weighted by Gasteiger charge is -2.05. The van der Waals surface area contributed by atoms with Gasteiger partial charge < -0.3 is 11.1 Å². The van der Waals surface area contributed by atoms with Gasteiger partial charge >= 0.3 is 0 Å². The Bertz CT molecular complexity index is 262. The summed E-state index contributed by atoms with van der Waals surface area (Å²) in [5.41, 5.74) is 7.59. The predicted molar refractivity (Wildman–Crippen MR) is 56.7 cm³/mol. The Kier molecular flexibility index (Phi) is 2.39. The van der Waals surface area contributed by atoms with E-state index < -0.39 is 0 Å². The molecule has 2 nitrogen and oxygen atoms in total. The molecule has 0 bridgehead atoms. The number of nitrogens with one attached hydrogen (secondary N) is 1. The molecule has 1 aliphatic rings. The van der Waals surface area contributed by atoms with Crippen LogP contribution in [0, 0.1) is 5.92 Å². The highest BCUT2D eigenvalue weighted by Gasteiger charge is 2.19. The molecule has 1 fully saturated rings. The second-order valence-electron chi connectivity index (χ2n) is 3.78. The van der Waals surface area contributed by atoms with Gasteiger partial charge in [-0.1, -0.05) is 12.8 Å². The molecule has 0 amide bonds. The van der Waals surface area contributed by atoms with Crippen LogP contribution < -0.4 is 11.1 Å². The summed E-state index contributed by atoms with van der Waals surface area (Å²) in [4.78, 5) is 0. The fraction of sp³-hybridized carbons (Fsp3) is 0.455. The normalized spacial score (nSPS) is 15.7. The van der Waals surface area contributed by atoms with Crippen LogP contribution in [0.1, 0.15) is 19.3 Å². The van der Waals surface area contributed by atoms with Crippen molar-refractivity contribution in [2.45, 2.75) is 19.3 Å². The van der Waals surface area contributed by atoms with Gasteiger partial charge in [0.25, 0.3) is 0 Å². The summed E-state index contributed by atoms with van der Waals surface area (Å²) in [7, 11) is 0. The predicted octanol–water partition coefficient (Wildman–Crippen LogP) is 2.48. The smallest absolute Gasteiger partial charge is 0.0341 e. The second kappa shape index (κ2) is 3.69. The molecule has 1 aliphatic carbocycles. The van der Waals surface area contributed by atoms with Crippen molar-refractivity contribution < 1.29 is 0 Å². The molecule has 0 spiro atoms. The molecule has 3 N–H and O–H groups in total. The van der Waals surface area contributed by atoms with Crippen molar-refractivity contribution in [3.63, 3.8) is 0 Å². The molecule has 0 heterocycles. The van der Waals surface area contributed by atoms with Crippen molar-refractivity contribution in [2.75, 3.05) is 17.6 Å². The molecular formula is C11H16N2. The summed E-state index contributed by atoms with van der Waals surface area (Å²) >= 11 is 0. The van der Waals surface area contributed by atoms with Gasteiger partial charge in [-0.15, -0.1) is 0 Å². The van der Waals surface area contributed by atoms with Crippen molar-refractivity contribution in [1.29, 1.82) is 0 Å². The Morgan fingerprint density at radius 3 is 2.54 bits per heavy atom. The number of hydrogen-bond acceptors (Lipinski definition) is 2. The van der Waals surface area contributed by atoms with E-state index in [4.69, 9.17) is 5.73 Å². The van der Waals surface area contributed by atoms with Gasteiger partial charge in [0.1, 0.15) is 0 Å². The second-order valence-corrected chi connectivity index (χ2v) is 3.78. The van der Waals surface area contributed by atoms with E-state index in [1.165, 1.54) is 24.9 Å². The van der Waals surface area contributed by atoms with Crippen LogP contribution in [-0.4, -0.2) is 6.54 Å². The third-order valence-electron chi connectivity index (χ3n) is 2.49. The Morgan fingerprint density at radius 1 is 1.23 bits per heavy atom. The van der Waals surface area contributed by atoms with E-state index in [2.05, 4.69) is 5.32 Å². The summed E-state index contributed by atoms with van der Waals surface area (Å²) in [5, 5.41) is 3.39. The zero-order valence-electron chi connectivity index (χ0n) is 7.79. The molecule has 2 rings (SSSR count). The standard InChI is InChI=1S/C11H16N2/c12-10-3-5-11(6-4-10)13-8-7-9-1-2-9/h3-6,9,13H,1-2,7-8,12H2. The minimum Gasteiger partial charge on any atom is -0.399 e. The quantitative estimate of drug-likeness (QED) is 0.692. The average molecular weight is 176 g/mol. The summed E-state index contributed by atoms with van der Waals surface area (Å²) < 4.78 is 0. The van der Waals surface area contributed by atoms with Crippen molar-refractivity contribution in [1.82, 2.24) is 0 Å². The number of hydrogen-bond donors (Lipinski definition) is 2. The highest BCUT2D eigenvalue weighted by molar-refractivity contribution is 5.51. The third-order valence-corrected chi connectivity index (χ3v) is 2.49. The molecule has 0 aromatic heterocycles. The van der Waals surface area contributed by atoms with Crippen LogP contribution in [0.3, 0.4) is 0 Å². The number of rotatable bonds is 4. The highest BCUT2D eigenvalue weighted by Crippen LogP contribution is 2.32. The van der Waals surface area contributed by atoms with E-state index in [1.807, 2.05) is 24.3 Å². The third kappa shape index (κ3) is 2.65. The lowest BCUT2D eigenvalue weighted by Crippen LogP contribution is -2.01. The maximum absolute atomic E-state index is 5.59. The van der Waals surface area contributed by atoms with E-state index in [0.717, 1.165) is 18.2 Å². The van der Waals surface area contributed by atoms with E-state index in [1.54, 1.807) is 0 Å². The van der Waals surface area contributed by atoms with Crippen LogP contribution in [-0.2, 0) is 0 Å². The first-order chi connectivity index (χ1) is 6.34. The molecule has 0 aliphatic heterocycles. The van der Waals surface area contributed by atoms with Crippen LogP contribution in [0.4, 0.5) is 11.4 Å².